The highest BCUT2D eigenvalue weighted by Gasteiger charge is 2.23. The normalized spacial score (nSPS) is 17.6. The van der Waals surface area contributed by atoms with E-state index >= 15 is 0 Å². The van der Waals surface area contributed by atoms with Crippen molar-refractivity contribution in [2.24, 2.45) is 4.99 Å². The van der Waals surface area contributed by atoms with Crippen molar-refractivity contribution in [3.8, 4) is 0 Å². The number of thioether (sulfide) groups is 1. The molecule has 0 saturated carbocycles. The van der Waals surface area contributed by atoms with Gasteiger partial charge in [-0.25, -0.2) is 4.99 Å². The highest BCUT2D eigenvalue weighted by molar-refractivity contribution is 8.18. The van der Waals surface area contributed by atoms with E-state index in [1.165, 1.54) is 11.8 Å². The predicted octanol–water partition coefficient (Wildman–Crippen LogP) is 4.73. The van der Waals surface area contributed by atoms with E-state index in [1.807, 2.05) is 66.7 Å². The number of carbonyl (C=O) groups is 1. The number of fused-ring (bicyclic) bond motifs is 1. The van der Waals surface area contributed by atoms with Crippen LogP contribution >= 0.6 is 11.8 Å². The van der Waals surface area contributed by atoms with E-state index < -0.39 is 0 Å². The Morgan fingerprint density at radius 3 is 2.50 bits per heavy atom. The van der Waals surface area contributed by atoms with Gasteiger partial charge in [0.2, 0.25) is 0 Å². The van der Waals surface area contributed by atoms with Crippen LogP contribution in [0, 0.1) is 0 Å². The summed E-state index contributed by atoms with van der Waals surface area (Å²) >= 11 is 1.37. The Bertz CT molecular complexity index is 972. The van der Waals surface area contributed by atoms with Crippen molar-refractivity contribution >= 4 is 45.4 Å². The molecule has 4 heteroatoms. The first-order valence-electron chi connectivity index (χ1n) is 7.62. The molecule has 0 unspecified atom stereocenters. The van der Waals surface area contributed by atoms with Crippen LogP contribution < -0.4 is 5.32 Å². The van der Waals surface area contributed by atoms with Crippen LogP contribution in [0.3, 0.4) is 0 Å². The van der Waals surface area contributed by atoms with Gasteiger partial charge < -0.3 is 5.32 Å². The summed E-state index contributed by atoms with van der Waals surface area (Å²) in [5.41, 5.74) is 1.86. The molecule has 0 aromatic heterocycles. The second kappa shape index (κ2) is 6.34. The number of amides is 1. The van der Waals surface area contributed by atoms with Crippen LogP contribution in [0.1, 0.15) is 5.56 Å². The van der Waals surface area contributed by atoms with Gasteiger partial charge in [-0.3, -0.25) is 4.79 Å². The van der Waals surface area contributed by atoms with Gasteiger partial charge in [0.05, 0.1) is 10.6 Å². The highest BCUT2D eigenvalue weighted by atomic mass is 32.2. The molecule has 1 amide bonds. The lowest BCUT2D eigenvalue weighted by molar-refractivity contribution is -0.115. The Balaban J connectivity index is 1.67. The zero-order valence-corrected chi connectivity index (χ0v) is 13.6. The number of nitrogens with zero attached hydrogens (tertiary/aromatic N) is 1. The molecule has 3 nitrogen and oxygen atoms in total. The maximum atomic E-state index is 12.2. The largest absolute Gasteiger partial charge is 0.300 e. The number of hydrogen-bond acceptors (Lipinski definition) is 3. The van der Waals surface area contributed by atoms with Gasteiger partial charge in [-0.15, -0.1) is 0 Å². The Morgan fingerprint density at radius 1 is 0.875 bits per heavy atom. The molecule has 0 atom stereocenters. The number of hydrogen-bond donors (Lipinski definition) is 1. The number of rotatable bonds is 2. The lowest BCUT2D eigenvalue weighted by Crippen LogP contribution is -2.19. The smallest absolute Gasteiger partial charge is 0.264 e. The van der Waals surface area contributed by atoms with Gasteiger partial charge in [-0.2, -0.15) is 0 Å². The average Bonchev–Trinajstić information content (AvgIpc) is 2.95. The molecule has 1 saturated heterocycles. The van der Waals surface area contributed by atoms with Crippen LogP contribution in [0.4, 0.5) is 5.69 Å². The van der Waals surface area contributed by atoms with E-state index in [-0.39, 0.29) is 5.91 Å². The molecule has 0 spiro atoms. The lowest BCUT2D eigenvalue weighted by Gasteiger charge is -2.02. The summed E-state index contributed by atoms with van der Waals surface area (Å²) in [7, 11) is 0. The minimum absolute atomic E-state index is 0.108. The van der Waals surface area contributed by atoms with Gasteiger partial charge >= 0.3 is 0 Å². The Hall–Kier alpha value is -2.85. The van der Waals surface area contributed by atoms with Gasteiger partial charge in [0, 0.05) is 5.39 Å². The topological polar surface area (TPSA) is 41.5 Å². The van der Waals surface area contributed by atoms with Gasteiger partial charge in [0.25, 0.3) is 5.91 Å². The Labute approximate surface area is 144 Å². The van der Waals surface area contributed by atoms with Gasteiger partial charge in [-0.1, -0.05) is 66.7 Å². The number of nitrogens with one attached hydrogen (secondary N) is 1. The summed E-state index contributed by atoms with van der Waals surface area (Å²) in [6.45, 7) is 0. The molecule has 1 N–H and O–H groups in total. The molecule has 24 heavy (non-hydrogen) atoms. The molecule has 3 aromatic carbocycles. The maximum Gasteiger partial charge on any atom is 0.264 e. The predicted molar refractivity (Wildman–Crippen MR) is 101 cm³/mol. The highest BCUT2D eigenvalue weighted by Crippen LogP contribution is 2.31. The first kappa shape index (κ1) is 14.7. The second-order valence-electron chi connectivity index (χ2n) is 5.39. The van der Waals surface area contributed by atoms with E-state index in [4.69, 9.17) is 0 Å². The molecule has 1 aliphatic heterocycles. The van der Waals surface area contributed by atoms with Crippen LogP contribution in [0.2, 0.25) is 0 Å². The average molecular weight is 330 g/mol. The molecular weight excluding hydrogens is 316 g/mol. The number of carbonyl (C=O) groups excluding carboxylic acids is 1. The van der Waals surface area contributed by atoms with Crippen LogP contribution in [0.15, 0.2) is 82.7 Å². The van der Waals surface area contributed by atoms with Crippen molar-refractivity contribution in [2.45, 2.75) is 0 Å². The summed E-state index contributed by atoms with van der Waals surface area (Å²) in [4.78, 5) is 17.5. The van der Waals surface area contributed by atoms with Crippen LogP contribution in [0.5, 0.6) is 0 Å². The lowest BCUT2D eigenvalue weighted by atomic mass is 10.1. The molecule has 0 aliphatic carbocycles. The van der Waals surface area contributed by atoms with Crippen LogP contribution in [-0.4, -0.2) is 11.1 Å². The first-order chi connectivity index (χ1) is 11.8. The fourth-order valence-electron chi connectivity index (χ4n) is 2.60. The van der Waals surface area contributed by atoms with Gasteiger partial charge in [-0.05, 0) is 34.9 Å². The molecule has 1 heterocycles. The molecule has 0 radical (unpaired) electrons. The minimum atomic E-state index is -0.108. The summed E-state index contributed by atoms with van der Waals surface area (Å²) < 4.78 is 0. The monoisotopic (exact) mass is 330 g/mol. The quantitative estimate of drug-likeness (QED) is 0.690. The van der Waals surface area contributed by atoms with Gasteiger partial charge in [0.1, 0.15) is 0 Å². The number of aliphatic imine (C=N–C) groups is 1. The number of amidine groups is 1. The Morgan fingerprint density at radius 2 is 1.62 bits per heavy atom. The van der Waals surface area contributed by atoms with Gasteiger partial charge in [0.15, 0.2) is 5.17 Å². The van der Waals surface area contributed by atoms with E-state index in [0.717, 1.165) is 22.0 Å². The van der Waals surface area contributed by atoms with E-state index in [9.17, 15) is 4.79 Å². The third kappa shape index (κ3) is 2.96. The summed E-state index contributed by atoms with van der Waals surface area (Å²) in [5, 5.41) is 5.66. The second-order valence-corrected chi connectivity index (χ2v) is 6.42. The third-order valence-electron chi connectivity index (χ3n) is 3.74. The van der Waals surface area contributed by atoms with Crippen LogP contribution in [0.25, 0.3) is 16.8 Å². The third-order valence-corrected chi connectivity index (χ3v) is 4.65. The summed E-state index contributed by atoms with van der Waals surface area (Å²) in [6, 6.07) is 23.9. The van der Waals surface area contributed by atoms with Crippen molar-refractivity contribution < 1.29 is 4.79 Å². The molecule has 1 aliphatic rings. The summed E-state index contributed by atoms with van der Waals surface area (Å²) in [6.07, 6.45) is 1.88. The molecule has 0 bridgehead atoms. The zero-order valence-electron chi connectivity index (χ0n) is 12.8. The van der Waals surface area contributed by atoms with Crippen LogP contribution in [-0.2, 0) is 4.79 Å². The summed E-state index contributed by atoms with van der Waals surface area (Å²) in [5.74, 6) is -0.108. The molecule has 3 aromatic rings. The SMILES string of the molecule is O=C1NC(=Nc2cccc3ccccc23)SC1=Cc1ccccc1. The number of benzene rings is 3. The van der Waals surface area contributed by atoms with Crippen molar-refractivity contribution in [2.75, 3.05) is 0 Å². The fraction of sp³-hybridized carbons (Fsp3) is 0. The molecule has 1 fully saturated rings. The fourth-order valence-corrected chi connectivity index (χ4v) is 3.43. The van der Waals surface area contributed by atoms with Crippen molar-refractivity contribution in [3.63, 3.8) is 0 Å². The minimum Gasteiger partial charge on any atom is -0.300 e. The Kier molecular flexibility index (Phi) is 3.89. The zero-order chi connectivity index (χ0) is 16.4. The standard InChI is InChI=1S/C20H14N2OS/c23-19-18(13-14-7-2-1-3-8-14)24-20(22-19)21-17-12-6-10-15-9-4-5-11-16(15)17/h1-13H,(H,21,22,23). The van der Waals surface area contributed by atoms with Crippen molar-refractivity contribution in [1.29, 1.82) is 0 Å². The van der Waals surface area contributed by atoms with Crippen molar-refractivity contribution in [3.05, 3.63) is 83.3 Å². The van der Waals surface area contributed by atoms with E-state index in [1.54, 1.807) is 0 Å². The van der Waals surface area contributed by atoms with Crippen molar-refractivity contribution in [1.82, 2.24) is 5.32 Å². The molecule has 116 valence electrons. The molecular formula is C20H14N2OS. The van der Waals surface area contributed by atoms with E-state index in [2.05, 4.69) is 22.4 Å². The first-order valence-corrected chi connectivity index (χ1v) is 8.44. The molecule has 4 rings (SSSR count). The maximum absolute atomic E-state index is 12.2. The van der Waals surface area contributed by atoms with E-state index in [0.29, 0.717) is 10.1 Å².